The normalized spacial score (nSPS) is 17.3. The number of nitrogens with zero attached hydrogens (tertiary/aromatic N) is 1. The Bertz CT molecular complexity index is 539. The number of hydrogen-bond acceptors (Lipinski definition) is 2. The number of unbranched alkanes of at least 4 members (excludes halogenated alkanes) is 4. The molecule has 1 saturated heterocycles. The van der Waals surface area contributed by atoms with Crippen molar-refractivity contribution in [3.8, 4) is 0 Å². The number of rotatable bonds is 9. The van der Waals surface area contributed by atoms with E-state index in [2.05, 4.69) is 19.2 Å². The zero-order chi connectivity index (χ0) is 17.4. The number of nitrogens with one attached hydrogen (secondary N) is 1. The molecule has 1 aliphatic heterocycles. The van der Waals surface area contributed by atoms with Crippen LogP contribution in [0.3, 0.4) is 0 Å². The topological polar surface area (TPSA) is 49.4 Å². The third-order valence-corrected chi connectivity index (χ3v) is 4.73. The van der Waals surface area contributed by atoms with Gasteiger partial charge < -0.3 is 10.2 Å². The first-order chi connectivity index (χ1) is 11.7. The molecular weight excluding hydrogens is 300 g/mol. The molecule has 1 fully saturated rings. The van der Waals surface area contributed by atoms with E-state index in [1.165, 1.54) is 24.8 Å². The van der Waals surface area contributed by atoms with Crippen molar-refractivity contribution < 1.29 is 9.59 Å². The third-order valence-electron chi connectivity index (χ3n) is 4.73. The van der Waals surface area contributed by atoms with E-state index in [-0.39, 0.29) is 17.7 Å². The van der Waals surface area contributed by atoms with E-state index in [1.807, 2.05) is 24.3 Å². The third kappa shape index (κ3) is 5.08. The number of anilines is 1. The molecule has 1 N–H and O–H groups in total. The van der Waals surface area contributed by atoms with Crippen LogP contribution in [0.15, 0.2) is 24.3 Å². The number of carbonyl (C=O) groups is 2. The number of aryl methyl sites for hydroxylation is 1. The maximum absolute atomic E-state index is 12.3. The van der Waals surface area contributed by atoms with Crippen molar-refractivity contribution in [3.05, 3.63) is 29.8 Å². The summed E-state index contributed by atoms with van der Waals surface area (Å²) in [5.41, 5.74) is 2.15. The summed E-state index contributed by atoms with van der Waals surface area (Å²) in [6.07, 6.45) is 7.20. The lowest BCUT2D eigenvalue weighted by molar-refractivity contribution is -0.126. The molecule has 1 unspecified atom stereocenters. The Morgan fingerprint density at radius 1 is 1.12 bits per heavy atom. The zero-order valence-electron chi connectivity index (χ0n) is 15.0. The Labute approximate surface area is 145 Å². The summed E-state index contributed by atoms with van der Waals surface area (Å²) in [7, 11) is 0. The van der Waals surface area contributed by atoms with Gasteiger partial charge in [-0.05, 0) is 30.5 Å². The lowest BCUT2D eigenvalue weighted by Crippen LogP contribution is -2.33. The van der Waals surface area contributed by atoms with E-state index >= 15 is 0 Å². The van der Waals surface area contributed by atoms with Crippen molar-refractivity contribution in [1.82, 2.24) is 5.32 Å². The minimum atomic E-state index is -0.223. The molecule has 1 aliphatic rings. The Hall–Kier alpha value is -1.84. The molecule has 0 aromatic heterocycles. The second-order valence-corrected chi connectivity index (χ2v) is 6.63. The minimum absolute atomic E-state index is 0.0199. The lowest BCUT2D eigenvalue weighted by atomic mass is 10.1. The Morgan fingerprint density at radius 2 is 1.83 bits per heavy atom. The van der Waals surface area contributed by atoms with Crippen molar-refractivity contribution in [2.75, 3.05) is 18.0 Å². The molecule has 4 heteroatoms. The fourth-order valence-electron chi connectivity index (χ4n) is 3.13. The van der Waals surface area contributed by atoms with Crippen LogP contribution in [0.5, 0.6) is 0 Å². The van der Waals surface area contributed by atoms with Crippen LogP contribution >= 0.6 is 0 Å². The maximum atomic E-state index is 12.3. The second-order valence-electron chi connectivity index (χ2n) is 6.63. The van der Waals surface area contributed by atoms with Gasteiger partial charge >= 0.3 is 0 Å². The van der Waals surface area contributed by atoms with Crippen LogP contribution in [0, 0.1) is 5.92 Å². The quantitative estimate of drug-likeness (QED) is 0.702. The van der Waals surface area contributed by atoms with E-state index in [0.717, 1.165) is 31.5 Å². The molecule has 1 heterocycles. The van der Waals surface area contributed by atoms with Gasteiger partial charge in [0.1, 0.15) is 0 Å². The van der Waals surface area contributed by atoms with Crippen molar-refractivity contribution in [2.45, 2.75) is 58.8 Å². The Balaban J connectivity index is 1.79. The predicted octanol–water partition coefficient (Wildman–Crippen LogP) is 3.69. The SMILES string of the molecule is CCCCCCCNC(=O)C1CC(=O)N(c2ccc(CC)cc2)C1. The van der Waals surface area contributed by atoms with Crippen LogP contribution in [-0.2, 0) is 16.0 Å². The molecule has 24 heavy (non-hydrogen) atoms. The predicted molar refractivity (Wildman–Crippen MR) is 98.0 cm³/mol. The van der Waals surface area contributed by atoms with Crippen LogP contribution in [0.1, 0.15) is 57.9 Å². The average Bonchev–Trinajstić information content (AvgIpc) is 3.00. The summed E-state index contributed by atoms with van der Waals surface area (Å²) < 4.78 is 0. The summed E-state index contributed by atoms with van der Waals surface area (Å²) in [4.78, 5) is 26.2. The summed E-state index contributed by atoms with van der Waals surface area (Å²) in [5.74, 6) is -0.159. The van der Waals surface area contributed by atoms with Gasteiger partial charge in [0, 0.05) is 25.2 Å². The summed E-state index contributed by atoms with van der Waals surface area (Å²) >= 11 is 0. The highest BCUT2D eigenvalue weighted by Gasteiger charge is 2.34. The molecule has 1 atom stereocenters. The molecule has 0 aliphatic carbocycles. The van der Waals surface area contributed by atoms with Crippen LogP contribution in [0.2, 0.25) is 0 Å². The minimum Gasteiger partial charge on any atom is -0.356 e. The van der Waals surface area contributed by atoms with Gasteiger partial charge in [0.15, 0.2) is 0 Å². The molecular formula is C20H30N2O2. The molecule has 2 rings (SSSR count). The maximum Gasteiger partial charge on any atom is 0.227 e. The fraction of sp³-hybridized carbons (Fsp3) is 0.600. The van der Waals surface area contributed by atoms with E-state index in [1.54, 1.807) is 4.90 Å². The molecule has 132 valence electrons. The molecule has 0 bridgehead atoms. The summed E-state index contributed by atoms with van der Waals surface area (Å²) in [6, 6.07) is 8.05. The van der Waals surface area contributed by atoms with Gasteiger partial charge in [-0.25, -0.2) is 0 Å². The fourth-order valence-corrected chi connectivity index (χ4v) is 3.13. The Kier molecular flexibility index (Phi) is 7.29. The monoisotopic (exact) mass is 330 g/mol. The van der Waals surface area contributed by atoms with E-state index in [9.17, 15) is 9.59 Å². The average molecular weight is 330 g/mol. The number of carbonyl (C=O) groups excluding carboxylic acids is 2. The first kappa shape index (κ1) is 18.5. The highest BCUT2D eigenvalue weighted by Crippen LogP contribution is 2.25. The first-order valence-electron chi connectivity index (χ1n) is 9.32. The number of hydrogen-bond donors (Lipinski definition) is 1. The van der Waals surface area contributed by atoms with Gasteiger partial charge in [0.2, 0.25) is 11.8 Å². The molecule has 1 aromatic rings. The smallest absolute Gasteiger partial charge is 0.227 e. The van der Waals surface area contributed by atoms with Gasteiger partial charge in [0.25, 0.3) is 0 Å². The van der Waals surface area contributed by atoms with Gasteiger partial charge in [-0.3, -0.25) is 9.59 Å². The van der Waals surface area contributed by atoms with Gasteiger partial charge in [-0.1, -0.05) is 51.7 Å². The van der Waals surface area contributed by atoms with Crippen molar-refractivity contribution in [1.29, 1.82) is 0 Å². The molecule has 0 radical (unpaired) electrons. The highest BCUT2D eigenvalue weighted by molar-refractivity contribution is 6.00. The van der Waals surface area contributed by atoms with Crippen LogP contribution in [0.25, 0.3) is 0 Å². The highest BCUT2D eigenvalue weighted by atomic mass is 16.2. The van der Waals surface area contributed by atoms with Crippen molar-refractivity contribution in [3.63, 3.8) is 0 Å². The van der Waals surface area contributed by atoms with E-state index in [4.69, 9.17) is 0 Å². The molecule has 1 aromatic carbocycles. The number of benzene rings is 1. The lowest BCUT2D eigenvalue weighted by Gasteiger charge is -2.17. The molecule has 0 saturated carbocycles. The van der Waals surface area contributed by atoms with Crippen LogP contribution < -0.4 is 10.2 Å². The van der Waals surface area contributed by atoms with E-state index in [0.29, 0.717) is 13.0 Å². The zero-order valence-corrected chi connectivity index (χ0v) is 15.0. The van der Waals surface area contributed by atoms with E-state index < -0.39 is 0 Å². The summed E-state index contributed by atoms with van der Waals surface area (Å²) in [6.45, 7) is 5.52. The van der Waals surface area contributed by atoms with Crippen LogP contribution in [0.4, 0.5) is 5.69 Å². The molecule has 0 spiro atoms. The van der Waals surface area contributed by atoms with Gasteiger partial charge in [-0.2, -0.15) is 0 Å². The standard InChI is InChI=1S/C20H30N2O2/c1-3-5-6-7-8-13-21-20(24)17-14-19(23)22(15-17)18-11-9-16(4-2)10-12-18/h9-12,17H,3-8,13-15H2,1-2H3,(H,21,24). The van der Waals surface area contributed by atoms with Gasteiger partial charge in [-0.15, -0.1) is 0 Å². The van der Waals surface area contributed by atoms with Crippen molar-refractivity contribution in [2.24, 2.45) is 5.92 Å². The number of amides is 2. The largest absolute Gasteiger partial charge is 0.356 e. The first-order valence-corrected chi connectivity index (χ1v) is 9.32. The Morgan fingerprint density at radius 3 is 2.50 bits per heavy atom. The molecule has 4 nitrogen and oxygen atoms in total. The van der Waals surface area contributed by atoms with Crippen molar-refractivity contribution >= 4 is 17.5 Å². The van der Waals surface area contributed by atoms with Gasteiger partial charge in [0.05, 0.1) is 5.92 Å². The second kappa shape index (κ2) is 9.45. The molecule has 2 amide bonds. The van der Waals surface area contributed by atoms with Crippen LogP contribution in [-0.4, -0.2) is 24.9 Å². The summed E-state index contributed by atoms with van der Waals surface area (Å²) in [5, 5.41) is 2.99.